The summed E-state index contributed by atoms with van der Waals surface area (Å²) in [6, 6.07) is 16.2. The summed E-state index contributed by atoms with van der Waals surface area (Å²) < 4.78 is 7.13. The zero-order chi connectivity index (χ0) is 18.8. The Kier molecular flexibility index (Phi) is 4.48. The standard InChI is InChI=1S/C20H15ClN4O2/c1-13-5-3-9-22-19(13)23-20(26)16-12-17(18-8-4-10-27-18)25(24-16)15-7-2-6-14(21)11-15/h2-12H,1H3,(H,22,23,26). The number of nitrogens with one attached hydrogen (secondary N) is 1. The van der Waals surface area contributed by atoms with Crippen molar-refractivity contribution in [2.45, 2.75) is 6.92 Å². The fourth-order valence-corrected chi connectivity index (χ4v) is 2.87. The molecule has 1 amide bonds. The Morgan fingerprint density at radius 3 is 2.78 bits per heavy atom. The summed E-state index contributed by atoms with van der Waals surface area (Å²) in [5, 5.41) is 7.83. The normalized spacial score (nSPS) is 10.7. The first-order valence-corrected chi connectivity index (χ1v) is 8.62. The number of aromatic nitrogens is 3. The molecule has 7 heteroatoms. The molecule has 0 unspecified atom stereocenters. The van der Waals surface area contributed by atoms with Crippen molar-refractivity contribution in [1.82, 2.24) is 14.8 Å². The third kappa shape index (κ3) is 3.47. The average Bonchev–Trinajstić information content (AvgIpc) is 3.33. The summed E-state index contributed by atoms with van der Waals surface area (Å²) in [5.41, 5.74) is 2.48. The van der Waals surface area contributed by atoms with Gasteiger partial charge in [-0.25, -0.2) is 9.67 Å². The largest absolute Gasteiger partial charge is 0.463 e. The summed E-state index contributed by atoms with van der Waals surface area (Å²) in [4.78, 5) is 16.9. The van der Waals surface area contributed by atoms with Gasteiger partial charge in [0.05, 0.1) is 12.0 Å². The second-order valence-corrected chi connectivity index (χ2v) is 6.34. The monoisotopic (exact) mass is 378 g/mol. The predicted octanol–water partition coefficient (Wildman–Crippen LogP) is 4.74. The van der Waals surface area contributed by atoms with Gasteiger partial charge in [-0.2, -0.15) is 5.10 Å². The van der Waals surface area contributed by atoms with Gasteiger partial charge in [0.2, 0.25) is 0 Å². The van der Waals surface area contributed by atoms with Gasteiger partial charge in [0.15, 0.2) is 11.5 Å². The van der Waals surface area contributed by atoms with Crippen LogP contribution in [0.3, 0.4) is 0 Å². The number of amides is 1. The third-order valence-corrected chi connectivity index (χ3v) is 4.24. The average molecular weight is 379 g/mol. The molecule has 1 N–H and O–H groups in total. The van der Waals surface area contributed by atoms with Gasteiger partial charge in [0.25, 0.3) is 5.91 Å². The van der Waals surface area contributed by atoms with Crippen molar-refractivity contribution < 1.29 is 9.21 Å². The molecule has 3 heterocycles. The number of halogens is 1. The van der Waals surface area contributed by atoms with Crippen molar-refractivity contribution in [2.24, 2.45) is 0 Å². The summed E-state index contributed by atoms with van der Waals surface area (Å²) in [6.07, 6.45) is 3.20. The molecule has 4 aromatic rings. The van der Waals surface area contributed by atoms with E-state index in [0.717, 1.165) is 11.3 Å². The molecule has 0 aliphatic carbocycles. The number of nitrogens with zero attached hydrogens (tertiary/aromatic N) is 3. The van der Waals surface area contributed by atoms with Gasteiger partial charge in [-0.15, -0.1) is 0 Å². The fourth-order valence-electron chi connectivity index (χ4n) is 2.68. The van der Waals surface area contributed by atoms with Gasteiger partial charge in [-0.05, 0) is 48.9 Å². The van der Waals surface area contributed by atoms with Crippen LogP contribution in [0, 0.1) is 6.92 Å². The predicted molar refractivity (Wildman–Crippen MR) is 103 cm³/mol. The number of furan rings is 1. The van der Waals surface area contributed by atoms with Crippen LogP contribution in [-0.4, -0.2) is 20.7 Å². The first-order valence-electron chi connectivity index (χ1n) is 8.24. The van der Waals surface area contributed by atoms with E-state index in [1.165, 1.54) is 0 Å². The molecule has 0 radical (unpaired) electrons. The number of aryl methyl sites for hydroxylation is 1. The molecule has 1 aromatic carbocycles. The smallest absolute Gasteiger partial charge is 0.277 e. The number of hydrogen-bond acceptors (Lipinski definition) is 4. The second kappa shape index (κ2) is 7.09. The van der Waals surface area contributed by atoms with Crippen molar-refractivity contribution in [2.75, 3.05) is 5.32 Å². The number of benzene rings is 1. The molecule has 0 aliphatic heterocycles. The Labute approximate surface area is 160 Å². The minimum atomic E-state index is -0.356. The molecule has 0 aliphatic rings. The minimum absolute atomic E-state index is 0.242. The van der Waals surface area contributed by atoms with Crippen LogP contribution in [0.15, 0.2) is 71.5 Å². The van der Waals surface area contributed by atoms with Crippen LogP contribution in [0.5, 0.6) is 0 Å². The van der Waals surface area contributed by atoms with Crippen LogP contribution in [0.2, 0.25) is 5.02 Å². The number of pyridine rings is 1. The van der Waals surface area contributed by atoms with Crippen LogP contribution in [0.25, 0.3) is 17.1 Å². The molecular weight excluding hydrogens is 364 g/mol. The fraction of sp³-hybridized carbons (Fsp3) is 0.0500. The Morgan fingerprint density at radius 1 is 1.15 bits per heavy atom. The summed E-state index contributed by atoms with van der Waals surface area (Å²) in [5.74, 6) is 0.736. The van der Waals surface area contributed by atoms with Crippen LogP contribution < -0.4 is 5.32 Å². The lowest BCUT2D eigenvalue weighted by Gasteiger charge is -2.06. The van der Waals surface area contributed by atoms with E-state index in [-0.39, 0.29) is 11.6 Å². The second-order valence-electron chi connectivity index (χ2n) is 5.91. The highest BCUT2D eigenvalue weighted by atomic mass is 35.5. The molecule has 6 nitrogen and oxygen atoms in total. The van der Waals surface area contributed by atoms with Crippen LogP contribution in [-0.2, 0) is 0 Å². The maximum absolute atomic E-state index is 12.7. The quantitative estimate of drug-likeness (QED) is 0.556. The molecule has 0 saturated heterocycles. The zero-order valence-corrected chi connectivity index (χ0v) is 15.1. The van der Waals surface area contributed by atoms with Crippen molar-refractivity contribution in [1.29, 1.82) is 0 Å². The Balaban J connectivity index is 1.75. The van der Waals surface area contributed by atoms with Crippen molar-refractivity contribution in [3.05, 3.63) is 83.3 Å². The number of anilines is 1. The van der Waals surface area contributed by atoms with Gasteiger partial charge in [-0.1, -0.05) is 23.7 Å². The maximum atomic E-state index is 12.7. The molecule has 4 rings (SSSR count). The molecule has 0 spiro atoms. The van der Waals surface area contributed by atoms with E-state index in [9.17, 15) is 4.79 Å². The van der Waals surface area contributed by atoms with Crippen molar-refractivity contribution in [3.63, 3.8) is 0 Å². The lowest BCUT2D eigenvalue weighted by atomic mass is 10.2. The number of carbonyl (C=O) groups is 1. The lowest BCUT2D eigenvalue weighted by Crippen LogP contribution is -2.15. The Hall–Kier alpha value is -3.38. The molecule has 0 atom stereocenters. The molecule has 27 heavy (non-hydrogen) atoms. The molecule has 0 saturated carbocycles. The molecule has 0 bridgehead atoms. The number of carbonyl (C=O) groups excluding carboxylic acids is 1. The first kappa shape index (κ1) is 17.1. The summed E-state index contributed by atoms with van der Waals surface area (Å²) in [6.45, 7) is 1.88. The van der Waals surface area contributed by atoms with Crippen LogP contribution in [0.4, 0.5) is 5.82 Å². The number of rotatable bonds is 4. The SMILES string of the molecule is Cc1cccnc1NC(=O)c1cc(-c2ccco2)n(-c2cccc(Cl)c2)n1. The van der Waals surface area contributed by atoms with E-state index in [1.54, 1.807) is 41.4 Å². The Morgan fingerprint density at radius 2 is 2.04 bits per heavy atom. The van der Waals surface area contributed by atoms with Gasteiger partial charge in [0.1, 0.15) is 11.5 Å². The van der Waals surface area contributed by atoms with Crippen molar-refractivity contribution in [3.8, 4) is 17.1 Å². The van der Waals surface area contributed by atoms with Crippen LogP contribution >= 0.6 is 11.6 Å². The highest BCUT2D eigenvalue weighted by Crippen LogP contribution is 2.26. The van der Waals surface area contributed by atoms with Gasteiger partial charge < -0.3 is 9.73 Å². The van der Waals surface area contributed by atoms with E-state index in [1.807, 2.05) is 37.3 Å². The van der Waals surface area contributed by atoms with Gasteiger partial charge in [0, 0.05) is 17.3 Å². The van der Waals surface area contributed by atoms with E-state index in [0.29, 0.717) is 22.3 Å². The van der Waals surface area contributed by atoms with E-state index >= 15 is 0 Å². The lowest BCUT2D eigenvalue weighted by molar-refractivity contribution is 0.102. The molecule has 134 valence electrons. The van der Waals surface area contributed by atoms with Gasteiger partial charge >= 0.3 is 0 Å². The number of hydrogen-bond donors (Lipinski definition) is 1. The molecular formula is C20H15ClN4O2. The minimum Gasteiger partial charge on any atom is -0.463 e. The maximum Gasteiger partial charge on any atom is 0.277 e. The first-order chi connectivity index (χ1) is 13.1. The van der Waals surface area contributed by atoms with E-state index in [4.69, 9.17) is 16.0 Å². The third-order valence-electron chi connectivity index (χ3n) is 4.01. The van der Waals surface area contributed by atoms with Crippen LogP contribution in [0.1, 0.15) is 16.1 Å². The van der Waals surface area contributed by atoms with Crippen molar-refractivity contribution >= 4 is 23.3 Å². The highest BCUT2D eigenvalue weighted by Gasteiger charge is 2.19. The topological polar surface area (TPSA) is 73.0 Å². The molecule has 3 aromatic heterocycles. The molecule has 0 fully saturated rings. The Bertz CT molecular complexity index is 1100. The summed E-state index contributed by atoms with van der Waals surface area (Å²) in [7, 11) is 0. The van der Waals surface area contributed by atoms with E-state index in [2.05, 4.69) is 15.4 Å². The zero-order valence-electron chi connectivity index (χ0n) is 14.4. The van der Waals surface area contributed by atoms with E-state index < -0.39 is 0 Å². The van der Waals surface area contributed by atoms with Gasteiger partial charge in [-0.3, -0.25) is 4.79 Å². The summed E-state index contributed by atoms with van der Waals surface area (Å²) >= 11 is 6.11. The highest BCUT2D eigenvalue weighted by molar-refractivity contribution is 6.30.